The molecule has 0 radical (unpaired) electrons. The first-order valence-electron chi connectivity index (χ1n) is 4.63. The number of nitrogens with one attached hydrogen (secondary N) is 1. The van der Waals surface area contributed by atoms with Gasteiger partial charge in [-0.2, -0.15) is 0 Å². The van der Waals surface area contributed by atoms with Gasteiger partial charge in [0.25, 0.3) is 0 Å². The monoisotopic (exact) mass is 208 g/mol. The van der Waals surface area contributed by atoms with Gasteiger partial charge in [0.05, 0.1) is 0 Å². The molecule has 0 saturated carbocycles. The molecule has 2 aromatic rings. The third-order valence-corrected chi connectivity index (χ3v) is 2.38. The van der Waals surface area contributed by atoms with Crippen molar-refractivity contribution in [1.82, 2.24) is 9.97 Å². The molecule has 15 heavy (non-hydrogen) atoms. The van der Waals surface area contributed by atoms with E-state index < -0.39 is 11.6 Å². The van der Waals surface area contributed by atoms with Crippen molar-refractivity contribution < 1.29 is 8.78 Å². The minimum atomic E-state index is -0.828. The number of nitrogens with zero attached hydrogens (tertiary/aromatic N) is 1. The first kappa shape index (κ1) is 9.83. The van der Waals surface area contributed by atoms with Crippen LogP contribution in [-0.2, 0) is 0 Å². The van der Waals surface area contributed by atoms with E-state index in [0.717, 1.165) is 6.07 Å². The molecular formula is C11H10F2N2. The van der Waals surface area contributed by atoms with E-state index in [2.05, 4.69) is 9.97 Å². The summed E-state index contributed by atoms with van der Waals surface area (Å²) < 4.78 is 26.4. The summed E-state index contributed by atoms with van der Waals surface area (Å²) in [5.41, 5.74) is 0.310. The van der Waals surface area contributed by atoms with Crippen molar-refractivity contribution in [3.63, 3.8) is 0 Å². The molecule has 0 amide bonds. The zero-order chi connectivity index (χ0) is 10.8. The number of imidazole rings is 1. The lowest BCUT2D eigenvalue weighted by Crippen LogP contribution is -2.02. The third kappa shape index (κ3) is 1.75. The lowest BCUT2D eigenvalue weighted by Gasteiger charge is -2.10. The van der Waals surface area contributed by atoms with Gasteiger partial charge in [0, 0.05) is 23.9 Å². The van der Waals surface area contributed by atoms with Crippen molar-refractivity contribution in [3.05, 3.63) is 53.6 Å². The topological polar surface area (TPSA) is 28.7 Å². The third-order valence-electron chi connectivity index (χ3n) is 2.38. The molecule has 0 unspecified atom stereocenters. The summed E-state index contributed by atoms with van der Waals surface area (Å²) in [5.74, 6) is -1.29. The molecule has 0 saturated heterocycles. The smallest absolute Gasteiger partial charge is 0.162 e. The molecule has 0 aliphatic carbocycles. The standard InChI is InChI=1S/C11H10F2N2/c1-7(11-14-5-6-15-11)8-3-2-4-9(12)10(8)13/h2-7H,1H3,(H,14,15)/t7-/m0/s1. The number of H-pyrrole nitrogens is 1. The second kappa shape index (κ2) is 3.81. The van der Waals surface area contributed by atoms with Gasteiger partial charge in [0.15, 0.2) is 11.6 Å². The predicted molar refractivity (Wildman–Crippen MR) is 52.5 cm³/mol. The van der Waals surface area contributed by atoms with Gasteiger partial charge in [-0.25, -0.2) is 13.8 Å². The summed E-state index contributed by atoms with van der Waals surface area (Å²) in [7, 11) is 0. The van der Waals surface area contributed by atoms with Crippen LogP contribution in [0.4, 0.5) is 8.78 Å². The maximum Gasteiger partial charge on any atom is 0.162 e. The molecule has 2 nitrogen and oxygen atoms in total. The molecule has 1 heterocycles. The van der Waals surface area contributed by atoms with Gasteiger partial charge in [-0.15, -0.1) is 0 Å². The Balaban J connectivity index is 2.42. The highest BCUT2D eigenvalue weighted by Crippen LogP contribution is 2.24. The minimum Gasteiger partial charge on any atom is -0.348 e. The van der Waals surface area contributed by atoms with Crippen molar-refractivity contribution in [2.75, 3.05) is 0 Å². The van der Waals surface area contributed by atoms with E-state index >= 15 is 0 Å². The Hall–Kier alpha value is -1.71. The summed E-state index contributed by atoms with van der Waals surface area (Å²) in [6.45, 7) is 1.77. The van der Waals surface area contributed by atoms with Gasteiger partial charge in [-0.1, -0.05) is 19.1 Å². The molecule has 1 aromatic heterocycles. The number of rotatable bonds is 2. The Bertz CT molecular complexity index is 452. The summed E-state index contributed by atoms with van der Waals surface area (Å²) >= 11 is 0. The van der Waals surface area contributed by atoms with Crippen molar-refractivity contribution in [2.24, 2.45) is 0 Å². The van der Waals surface area contributed by atoms with Gasteiger partial charge in [-0.05, 0) is 6.07 Å². The molecule has 0 aliphatic rings. The number of benzene rings is 1. The summed E-state index contributed by atoms with van der Waals surface area (Å²) in [6, 6.07) is 4.16. The SMILES string of the molecule is C[C@H](c1ncc[nH]1)c1cccc(F)c1F. The van der Waals surface area contributed by atoms with Crippen molar-refractivity contribution in [1.29, 1.82) is 0 Å². The molecule has 4 heteroatoms. The van der Waals surface area contributed by atoms with Crippen LogP contribution < -0.4 is 0 Å². The van der Waals surface area contributed by atoms with Crippen LogP contribution >= 0.6 is 0 Å². The van der Waals surface area contributed by atoms with Gasteiger partial charge in [-0.3, -0.25) is 0 Å². The number of hydrogen-bond donors (Lipinski definition) is 1. The van der Waals surface area contributed by atoms with Crippen LogP contribution in [0.25, 0.3) is 0 Å². The molecule has 0 aliphatic heterocycles. The Kier molecular flexibility index (Phi) is 2.49. The fraction of sp³-hybridized carbons (Fsp3) is 0.182. The Morgan fingerprint density at radius 1 is 1.33 bits per heavy atom. The Labute approximate surface area is 86.0 Å². The van der Waals surface area contributed by atoms with Crippen LogP contribution in [0.15, 0.2) is 30.6 Å². The van der Waals surface area contributed by atoms with E-state index in [1.165, 1.54) is 6.07 Å². The minimum absolute atomic E-state index is 0.282. The summed E-state index contributed by atoms with van der Waals surface area (Å²) in [5, 5.41) is 0. The van der Waals surface area contributed by atoms with Gasteiger partial charge in [0.1, 0.15) is 5.82 Å². The van der Waals surface area contributed by atoms with Crippen LogP contribution in [0.1, 0.15) is 24.2 Å². The van der Waals surface area contributed by atoms with Crippen LogP contribution in [0.2, 0.25) is 0 Å². The normalized spacial score (nSPS) is 12.7. The van der Waals surface area contributed by atoms with E-state index in [1.54, 1.807) is 25.4 Å². The predicted octanol–water partition coefficient (Wildman–Crippen LogP) is 2.84. The first-order valence-corrected chi connectivity index (χ1v) is 4.63. The van der Waals surface area contributed by atoms with Gasteiger partial charge in [0.2, 0.25) is 0 Å². The lowest BCUT2D eigenvalue weighted by molar-refractivity contribution is 0.494. The molecule has 0 spiro atoms. The Morgan fingerprint density at radius 3 is 2.80 bits per heavy atom. The molecule has 1 aromatic carbocycles. The van der Waals surface area contributed by atoms with E-state index in [-0.39, 0.29) is 5.92 Å². The zero-order valence-electron chi connectivity index (χ0n) is 8.17. The molecule has 1 N–H and O–H groups in total. The summed E-state index contributed by atoms with van der Waals surface area (Å²) in [6.07, 6.45) is 3.24. The molecule has 0 fully saturated rings. The fourth-order valence-corrected chi connectivity index (χ4v) is 1.52. The number of aromatic amines is 1. The van der Waals surface area contributed by atoms with Crippen LogP contribution in [-0.4, -0.2) is 9.97 Å². The average molecular weight is 208 g/mol. The molecule has 0 bridgehead atoms. The number of hydrogen-bond acceptors (Lipinski definition) is 1. The second-order valence-electron chi connectivity index (χ2n) is 3.34. The van der Waals surface area contributed by atoms with Gasteiger partial charge >= 0.3 is 0 Å². The highest BCUT2D eigenvalue weighted by atomic mass is 19.2. The fourth-order valence-electron chi connectivity index (χ4n) is 1.52. The molecular weight excluding hydrogens is 198 g/mol. The van der Waals surface area contributed by atoms with Crippen LogP contribution in [0, 0.1) is 11.6 Å². The maximum absolute atomic E-state index is 13.4. The molecule has 78 valence electrons. The maximum atomic E-state index is 13.4. The van der Waals surface area contributed by atoms with Crippen LogP contribution in [0.3, 0.4) is 0 Å². The van der Waals surface area contributed by atoms with E-state index in [0.29, 0.717) is 11.4 Å². The van der Waals surface area contributed by atoms with E-state index in [4.69, 9.17) is 0 Å². The Morgan fingerprint density at radius 2 is 2.13 bits per heavy atom. The second-order valence-corrected chi connectivity index (χ2v) is 3.34. The van der Waals surface area contributed by atoms with E-state index in [1.807, 2.05) is 0 Å². The average Bonchev–Trinajstić information content (AvgIpc) is 2.74. The lowest BCUT2D eigenvalue weighted by atomic mass is 10.00. The van der Waals surface area contributed by atoms with Crippen LogP contribution in [0.5, 0.6) is 0 Å². The van der Waals surface area contributed by atoms with Gasteiger partial charge < -0.3 is 4.98 Å². The van der Waals surface area contributed by atoms with Crippen molar-refractivity contribution in [3.8, 4) is 0 Å². The van der Waals surface area contributed by atoms with Crippen molar-refractivity contribution >= 4 is 0 Å². The first-order chi connectivity index (χ1) is 7.20. The van der Waals surface area contributed by atoms with Crippen molar-refractivity contribution in [2.45, 2.75) is 12.8 Å². The quantitative estimate of drug-likeness (QED) is 0.807. The molecule has 2 rings (SSSR count). The van der Waals surface area contributed by atoms with E-state index in [9.17, 15) is 8.78 Å². The molecule has 1 atom stereocenters. The number of halogens is 2. The largest absolute Gasteiger partial charge is 0.348 e. The highest BCUT2D eigenvalue weighted by Gasteiger charge is 2.17. The summed E-state index contributed by atoms with van der Waals surface area (Å²) in [4.78, 5) is 6.90. The zero-order valence-corrected chi connectivity index (χ0v) is 8.17. The highest BCUT2D eigenvalue weighted by molar-refractivity contribution is 5.27. The number of aromatic nitrogens is 2.